The zero-order valence-corrected chi connectivity index (χ0v) is 34.6. The van der Waals surface area contributed by atoms with Gasteiger partial charge in [-0.25, -0.2) is 24.0 Å². The fraction of sp³-hybridized carbons (Fsp3) is 0.561. The number of nitrogens with zero attached hydrogens (tertiary/aromatic N) is 7. The number of aromatic nitrogens is 5. The third-order valence-electron chi connectivity index (χ3n) is 10.4. The summed E-state index contributed by atoms with van der Waals surface area (Å²) < 4.78 is 31.7. The number of hydrogen-bond acceptors (Lipinski definition) is 12. The maximum absolute atomic E-state index is 13.1. The van der Waals surface area contributed by atoms with Crippen LogP contribution in [-0.2, 0) is 32.5 Å². The van der Waals surface area contributed by atoms with Crippen LogP contribution in [0.1, 0.15) is 68.7 Å². The Balaban J connectivity index is 1.19. The molecule has 1 saturated heterocycles. The van der Waals surface area contributed by atoms with Crippen molar-refractivity contribution in [2.75, 3.05) is 63.9 Å². The van der Waals surface area contributed by atoms with E-state index < -0.39 is 17.7 Å². The second-order valence-electron chi connectivity index (χ2n) is 15.9. The molecule has 16 nitrogen and oxygen atoms in total. The third kappa shape index (κ3) is 9.60. The van der Waals surface area contributed by atoms with Crippen LogP contribution in [0.25, 0.3) is 22.3 Å². The molecule has 2 aliphatic rings. The van der Waals surface area contributed by atoms with Gasteiger partial charge in [0.25, 0.3) is 0 Å². The van der Waals surface area contributed by atoms with Crippen LogP contribution in [0.3, 0.4) is 0 Å². The van der Waals surface area contributed by atoms with Crippen LogP contribution in [0.5, 0.6) is 5.88 Å². The summed E-state index contributed by atoms with van der Waals surface area (Å²) in [6, 6.07) is 9.32. The summed E-state index contributed by atoms with van der Waals surface area (Å²) >= 11 is 0. The summed E-state index contributed by atoms with van der Waals surface area (Å²) in [7, 11) is 4.84. The standard InChI is InChI=1S/C41H56N8O8/c1-10-55-39(51)44-38-43-32-14-13-30(47-15-16-48(31(22-47)24-53-8)40(52)57-41(4,5)6)20-34(32)49(38)21-27-11-12-28(18-27)23-56-36-35(26(3)45-46(36)7)33-19-29(37(50)54-9)17-25(2)42-33/h13-14,17,19-20,27-28,31H,10-12,15-16,18,21-24H2,1-9H3,(H,43,44,51)/t27-,28+,31-/m1/s1. The third-order valence-corrected chi connectivity index (χ3v) is 10.4. The highest BCUT2D eigenvalue weighted by molar-refractivity contribution is 5.91. The lowest BCUT2D eigenvalue weighted by atomic mass is 10.1. The zero-order valence-electron chi connectivity index (χ0n) is 34.6. The molecule has 308 valence electrons. The number of pyridine rings is 1. The number of rotatable bonds is 12. The molecule has 57 heavy (non-hydrogen) atoms. The number of carbonyl (C=O) groups is 3. The Morgan fingerprint density at radius 1 is 0.982 bits per heavy atom. The van der Waals surface area contributed by atoms with Gasteiger partial charge in [0, 0.05) is 51.7 Å². The summed E-state index contributed by atoms with van der Waals surface area (Å²) in [6.07, 6.45) is 1.94. The molecule has 2 amide bonds. The van der Waals surface area contributed by atoms with Gasteiger partial charge < -0.3 is 33.2 Å². The largest absolute Gasteiger partial charge is 0.477 e. The summed E-state index contributed by atoms with van der Waals surface area (Å²) in [5.41, 5.74) is 5.23. The van der Waals surface area contributed by atoms with Crippen LogP contribution < -0.4 is 15.0 Å². The number of aryl methyl sites for hydroxylation is 3. The number of fused-ring (bicyclic) bond motifs is 1. The highest BCUT2D eigenvalue weighted by Crippen LogP contribution is 2.38. The lowest BCUT2D eigenvalue weighted by Gasteiger charge is -2.42. The van der Waals surface area contributed by atoms with Crippen molar-refractivity contribution in [2.45, 2.75) is 79.0 Å². The Kier molecular flexibility index (Phi) is 12.6. The van der Waals surface area contributed by atoms with Gasteiger partial charge >= 0.3 is 18.2 Å². The van der Waals surface area contributed by atoms with E-state index in [4.69, 9.17) is 33.7 Å². The van der Waals surface area contributed by atoms with Crippen LogP contribution in [0.4, 0.5) is 21.2 Å². The molecule has 1 saturated carbocycles. The zero-order chi connectivity index (χ0) is 41.0. The van der Waals surface area contributed by atoms with Crippen molar-refractivity contribution >= 4 is 40.8 Å². The van der Waals surface area contributed by atoms with Crippen LogP contribution in [0, 0.1) is 25.7 Å². The van der Waals surface area contributed by atoms with Crippen molar-refractivity contribution in [1.82, 2.24) is 29.2 Å². The smallest absolute Gasteiger partial charge is 0.413 e. The second kappa shape index (κ2) is 17.4. The van der Waals surface area contributed by atoms with Crippen molar-refractivity contribution in [1.29, 1.82) is 0 Å². The molecular weight excluding hydrogens is 732 g/mol. The van der Waals surface area contributed by atoms with E-state index in [1.807, 2.05) is 53.8 Å². The van der Waals surface area contributed by atoms with E-state index >= 15 is 0 Å². The molecule has 4 heterocycles. The summed E-state index contributed by atoms with van der Waals surface area (Å²) in [5.74, 6) is 1.16. The van der Waals surface area contributed by atoms with Crippen LogP contribution >= 0.6 is 0 Å². The average molecular weight is 789 g/mol. The minimum Gasteiger partial charge on any atom is -0.477 e. The van der Waals surface area contributed by atoms with Gasteiger partial charge in [-0.1, -0.05) is 0 Å². The molecule has 0 radical (unpaired) electrons. The number of amides is 2. The molecule has 1 aromatic carbocycles. The normalized spacial score (nSPS) is 18.5. The lowest BCUT2D eigenvalue weighted by Crippen LogP contribution is -2.57. The van der Waals surface area contributed by atoms with E-state index in [0.717, 1.165) is 47.2 Å². The van der Waals surface area contributed by atoms with Gasteiger partial charge in [-0.2, -0.15) is 5.10 Å². The SMILES string of the molecule is CCOC(=O)Nc1nc2ccc(N3CCN(C(=O)OC(C)(C)C)[C@@H](COC)C3)cc2n1C[C@@H]1CC[C@H](COc2c(-c3cc(C(=O)OC)cc(C)n3)c(C)nn2C)C1. The molecule has 4 aromatic rings. The van der Waals surface area contributed by atoms with E-state index in [2.05, 4.69) is 25.9 Å². The predicted octanol–water partition coefficient (Wildman–Crippen LogP) is 6.37. The Morgan fingerprint density at radius 3 is 2.47 bits per heavy atom. The quantitative estimate of drug-likeness (QED) is 0.125. The van der Waals surface area contributed by atoms with Crippen molar-refractivity contribution in [3.63, 3.8) is 0 Å². The first-order valence-electron chi connectivity index (χ1n) is 19.6. The Hall–Kier alpha value is -5.38. The number of esters is 1. The predicted molar refractivity (Wildman–Crippen MR) is 215 cm³/mol. The second-order valence-corrected chi connectivity index (χ2v) is 15.9. The maximum Gasteiger partial charge on any atom is 0.413 e. The van der Waals surface area contributed by atoms with E-state index in [1.54, 1.807) is 35.7 Å². The molecule has 3 atom stereocenters. The van der Waals surface area contributed by atoms with E-state index in [9.17, 15) is 14.4 Å². The van der Waals surface area contributed by atoms with Gasteiger partial charge in [-0.05, 0) is 103 Å². The minimum atomic E-state index is -0.600. The highest BCUT2D eigenvalue weighted by Gasteiger charge is 2.34. The average Bonchev–Trinajstić information content (AvgIpc) is 3.83. The van der Waals surface area contributed by atoms with Gasteiger partial charge in [0.1, 0.15) is 5.60 Å². The number of piperazine rings is 1. The van der Waals surface area contributed by atoms with Gasteiger partial charge in [0.05, 0.1) is 66.5 Å². The number of hydrogen-bond donors (Lipinski definition) is 1. The summed E-state index contributed by atoms with van der Waals surface area (Å²) in [5, 5.41) is 7.50. The monoisotopic (exact) mass is 788 g/mol. The molecular formula is C41H56N8O8. The number of ether oxygens (including phenoxy) is 5. The van der Waals surface area contributed by atoms with Crippen molar-refractivity contribution < 1.29 is 38.1 Å². The van der Waals surface area contributed by atoms with Gasteiger partial charge in [-0.3, -0.25) is 15.2 Å². The molecule has 1 N–H and O–H groups in total. The topological polar surface area (TPSA) is 164 Å². The molecule has 2 fully saturated rings. The van der Waals surface area contributed by atoms with Crippen LogP contribution in [0.2, 0.25) is 0 Å². The molecule has 6 rings (SSSR count). The first-order valence-corrected chi connectivity index (χ1v) is 19.6. The Morgan fingerprint density at radius 2 is 1.75 bits per heavy atom. The number of benzene rings is 1. The Labute approximate surface area is 333 Å². The number of nitrogens with one attached hydrogen (secondary N) is 1. The number of anilines is 2. The summed E-state index contributed by atoms with van der Waals surface area (Å²) in [6.45, 7) is 14.5. The molecule has 1 aliphatic carbocycles. The molecule has 3 aromatic heterocycles. The Bertz CT molecular complexity index is 2090. The number of imidazole rings is 1. The van der Waals surface area contributed by atoms with Gasteiger partial charge in [0.2, 0.25) is 11.8 Å². The fourth-order valence-electron chi connectivity index (χ4n) is 7.91. The van der Waals surface area contributed by atoms with Crippen molar-refractivity contribution in [3.8, 4) is 17.1 Å². The first kappa shape index (κ1) is 41.3. The van der Waals surface area contributed by atoms with E-state index in [1.165, 1.54) is 7.11 Å². The van der Waals surface area contributed by atoms with Gasteiger partial charge in [-0.15, -0.1) is 0 Å². The molecule has 0 unspecified atom stereocenters. The highest BCUT2D eigenvalue weighted by atomic mass is 16.6. The number of methoxy groups -OCH3 is 2. The minimum absolute atomic E-state index is 0.199. The maximum atomic E-state index is 13.1. The molecule has 0 spiro atoms. The number of carbonyl (C=O) groups excluding carboxylic acids is 3. The van der Waals surface area contributed by atoms with E-state index in [0.29, 0.717) is 74.1 Å². The fourth-order valence-corrected chi connectivity index (χ4v) is 7.91. The van der Waals surface area contributed by atoms with Crippen molar-refractivity contribution in [2.24, 2.45) is 18.9 Å². The van der Waals surface area contributed by atoms with Crippen molar-refractivity contribution in [3.05, 3.63) is 47.3 Å². The van der Waals surface area contributed by atoms with Crippen LogP contribution in [0.15, 0.2) is 30.3 Å². The van der Waals surface area contributed by atoms with E-state index in [-0.39, 0.29) is 24.7 Å². The molecule has 1 aliphatic heterocycles. The molecule has 16 heteroatoms. The van der Waals surface area contributed by atoms with Crippen LogP contribution in [-0.4, -0.2) is 113 Å². The van der Waals surface area contributed by atoms with Gasteiger partial charge in [0.15, 0.2) is 0 Å². The molecule has 0 bridgehead atoms. The lowest BCUT2D eigenvalue weighted by molar-refractivity contribution is 0.00341. The summed E-state index contributed by atoms with van der Waals surface area (Å²) in [4.78, 5) is 51.7. The first-order chi connectivity index (χ1) is 27.2.